The van der Waals surface area contributed by atoms with Crippen molar-refractivity contribution in [3.63, 3.8) is 0 Å². The van der Waals surface area contributed by atoms with Crippen molar-refractivity contribution in [3.8, 4) is 0 Å². The number of rotatable bonds is 9. The smallest absolute Gasteiger partial charge is 0.359 e. The van der Waals surface area contributed by atoms with E-state index in [9.17, 15) is 14.4 Å². The van der Waals surface area contributed by atoms with E-state index in [4.69, 9.17) is 4.98 Å². The summed E-state index contributed by atoms with van der Waals surface area (Å²) in [5.41, 5.74) is 1.76. The largest absolute Gasteiger partial charge is 0.389 e. The minimum atomic E-state index is -1.30. The number of hydrogen-bond donors (Lipinski definition) is 2. The van der Waals surface area contributed by atoms with Crippen LogP contribution in [0.1, 0.15) is 61.3 Å². The molecule has 1 aromatic heterocycles. The second kappa shape index (κ2) is 11.1. The van der Waals surface area contributed by atoms with E-state index in [-0.39, 0.29) is 0 Å². The Bertz CT molecular complexity index is 916. The Kier molecular flexibility index (Phi) is 7.93. The van der Waals surface area contributed by atoms with Gasteiger partial charge in [-0.1, -0.05) is 42.8 Å². The first-order valence-corrected chi connectivity index (χ1v) is 12.1. The number of halogens is 1. The number of aryl methyl sites for hydroxylation is 2. The lowest BCUT2D eigenvalue weighted by Crippen LogP contribution is -2.50. The fraction of sp³-hybridized carbons (Fsp3) is 0.538. The number of aliphatic hydroxyl groups is 1. The van der Waals surface area contributed by atoms with E-state index in [0.717, 1.165) is 56.7 Å². The number of benzene rings is 1. The van der Waals surface area contributed by atoms with Crippen LogP contribution in [0.25, 0.3) is 0 Å². The van der Waals surface area contributed by atoms with Crippen LogP contribution in [0.15, 0.2) is 42.5 Å². The number of nitrogens with one attached hydrogen (secondary N) is 1. The zero-order valence-electron chi connectivity index (χ0n) is 19.1. The van der Waals surface area contributed by atoms with Gasteiger partial charge in [0.05, 0.1) is 5.60 Å². The van der Waals surface area contributed by atoms with Crippen molar-refractivity contribution in [1.82, 2.24) is 9.88 Å². The molecule has 2 aliphatic heterocycles. The minimum absolute atomic E-state index is 0.410. The van der Waals surface area contributed by atoms with Gasteiger partial charge in [0.15, 0.2) is 0 Å². The molecule has 2 aliphatic rings. The molecule has 1 atom stereocenters. The summed E-state index contributed by atoms with van der Waals surface area (Å²) in [6.07, 6.45) is 7.39. The monoisotopic (exact) mass is 455 g/mol. The Morgan fingerprint density at radius 3 is 2.70 bits per heavy atom. The van der Waals surface area contributed by atoms with E-state index in [0.29, 0.717) is 31.5 Å². The lowest BCUT2D eigenvalue weighted by Gasteiger charge is -2.41. The molecule has 1 fully saturated rings. The Balaban J connectivity index is 1.21. The van der Waals surface area contributed by atoms with Gasteiger partial charge >= 0.3 is 5.97 Å². The van der Waals surface area contributed by atoms with Gasteiger partial charge in [0.25, 0.3) is 0 Å². The van der Waals surface area contributed by atoms with E-state index in [1.54, 1.807) is 24.3 Å². The zero-order valence-corrected chi connectivity index (χ0v) is 19.1. The summed E-state index contributed by atoms with van der Waals surface area (Å²) >= 11 is 0. The van der Waals surface area contributed by atoms with Crippen LogP contribution in [0.5, 0.6) is 0 Å². The van der Waals surface area contributed by atoms with E-state index < -0.39 is 17.5 Å². The van der Waals surface area contributed by atoms with E-state index in [2.05, 4.69) is 27.3 Å². The maximum absolute atomic E-state index is 12.8. The second-order valence-corrected chi connectivity index (χ2v) is 9.34. The van der Waals surface area contributed by atoms with Crippen LogP contribution in [0.4, 0.5) is 10.3 Å². The first kappa shape index (κ1) is 23.6. The van der Waals surface area contributed by atoms with Crippen LogP contribution in [0.2, 0.25) is 0 Å². The first-order valence-electron chi connectivity index (χ1n) is 12.1. The SMILES string of the molecule is O=C(OF)C(c1ccccc1)C1(O)CCN(CCCCCc2ccc3c(n2)NCCC3)CC1. The summed E-state index contributed by atoms with van der Waals surface area (Å²) in [6, 6.07) is 13.2. The summed E-state index contributed by atoms with van der Waals surface area (Å²) in [7, 11) is 0. The van der Waals surface area contributed by atoms with Crippen molar-refractivity contribution in [2.75, 3.05) is 31.5 Å². The second-order valence-electron chi connectivity index (χ2n) is 9.34. The molecule has 2 aromatic rings. The van der Waals surface area contributed by atoms with Gasteiger partial charge in [-0.05, 0) is 68.7 Å². The molecule has 1 aromatic carbocycles. The molecule has 0 aliphatic carbocycles. The highest BCUT2D eigenvalue weighted by molar-refractivity contribution is 5.79. The maximum Gasteiger partial charge on any atom is 0.359 e. The molecular weight excluding hydrogens is 421 g/mol. The van der Waals surface area contributed by atoms with Crippen molar-refractivity contribution in [2.45, 2.75) is 62.9 Å². The Morgan fingerprint density at radius 1 is 1.15 bits per heavy atom. The van der Waals surface area contributed by atoms with Gasteiger partial charge in [-0.2, -0.15) is 0 Å². The standard InChI is InChI=1S/C26H34FN3O3/c27-33-25(31)23(20-8-3-1-4-9-20)26(32)14-18-30(19-15-26)17-6-2-5-11-22-13-12-21-10-7-16-28-24(21)29-22/h1,3-4,8-9,12-13,23,32H,2,5-7,10-11,14-19H2,(H,28,29). The van der Waals surface area contributed by atoms with Gasteiger partial charge in [0.2, 0.25) is 0 Å². The molecule has 0 spiro atoms. The average Bonchev–Trinajstić information content (AvgIpc) is 2.85. The first-order chi connectivity index (χ1) is 16.1. The predicted molar refractivity (Wildman–Crippen MR) is 126 cm³/mol. The summed E-state index contributed by atoms with van der Waals surface area (Å²) in [4.78, 5) is 22.8. The van der Waals surface area contributed by atoms with Crippen LogP contribution in [-0.4, -0.2) is 52.7 Å². The Labute approximate surface area is 195 Å². The van der Waals surface area contributed by atoms with Gasteiger partial charge in [0.1, 0.15) is 11.7 Å². The fourth-order valence-electron chi connectivity index (χ4n) is 5.13. The van der Waals surface area contributed by atoms with Crippen molar-refractivity contribution >= 4 is 11.8 Å². The fourth-order valence-corrected chi connectivity index (χ4v) is 5.13. The number of nitrogens with zero attached hydrogens (tertiary/aromatic N) is 2. The lowest BCUT2D eigenvalue weighted by atomic mass is 9.76. The van der Waals surface area contributed by atoms with Gasteiger partial charge in [-0.15, -0.1) is 0 Å². The van der Waals surface area contributed by atoms with E-state index in [1.165, 1.54) is 12.0 Å². The Morgan fingerprint density at radius 2 is 1.94 bits per heavy atom. The molecule has 178 valence electrons. The highest BCUT2D eigenvalue weighted by Gasteiger charge is 2.45. The van der Waals surface area contributed by atoms with E-state index in [1.807, 2.05) is 6.07 Å². The van der Waals surface area contributed by atoms with Crippen LogP contribution >= 0.6 is 0 Å². The maximum atomic E-state index is 12.8. The third kappa shape index (κ3) is 5.89. The van der Waals surface area contributed by atoms with Crippen molar-refractivity contribution < 1.29 is 19.4 Å². The van der Waals surface area contributed by atoms with Crippen LogP contribution in [0.3, 0.4) is 0 Å². The van der Waals surface area contributed by atoms with E-state index >= 15 is 0 Å². The number of hydrogen-bond acceptors (Lipinski definition) is 6. The summed E-state index contributed by atoms with van der Waals surface area (Å²) < 4.78 is 12.8. The van der Waals surface area contributed by atoms with Gasteiger partial charge in [0, 0.05) is 29.9 Å². The number of unbranched alkanes of at least 4 members (excludes halogenated alkanes) is 2. The predicted octanol–water partition coefficient (Wildman–Crippen LogP) is 4.19. The summed E-state index contributed by atoms with van der Waals surface area (Å²) in [5.74, 6) is -0.974. The molecule has 2 N–H and O–H groups in total. The molecule has 0 bridgehead atoms. The molecule has 6 nitrogen and oxygen atoms in total. The molecule has 0 amide bonds. The van der Waals surface area contributed by atoms with Crippen molar-refractivity contribution in [3.05, 3.63) is 59.3 Å². The molecule has 0 saturated carbocycles. The van der Waals surface area contributed by atoms with Crippen molar-refractivity contribution in [1.29, 1.82) is 0 Å². The van der Waals surface area contributed by atoms with Crippen LogP contribution < -0.4 is 5.32 Å². The number of likely N-dealkylation sites (tertiary alicyclic amines) is 1. The van der Waals surface area contributed by atoms with Gasteiger partial charge in [-0.25, -0.2) is 9.78 Å². The number of fused-ring (bicyclic) bond motifs is 1. The molecule has 7 heteroatoms. The molecule has 3 heterocycles. The number of carbonyl (C=O) groups excluding carboxylic acids is 1. The molecule has 33 heavy (non-hydrogen) atoms. The van der Waals surface area contributed by atoms with Crippen LogP contribution in [-0.2, 0) is 22.6 Å². The average molecular weight is 456 g/mol. The van der Waals surface area contributed by atoms with Crippen LogP contribution in [0, 0.1) is 0 Å². The highest BCUT2D eigenvalue weighted by Crippen LogP contribution is 2.38. The van der Waals surface area contributed by atoms with Gasteiger partial charge < -0.3 is 15.3 Å². The zero-order chi connectivity index (χ0) is 23.1. The lowest BCUT2D eigenvalue weighted by molar-refractivity contribution is -0.194. The molecule has 4 rings (SSSR count). The summed E-state index contributed by atoms with van der Waals surface area (Å²) in [6.45, 7) is 3.32. The number of anilines is 1. The number of piperidine rings is 1. The van der Waals surface area contributed by atoms with Gasteiger partial charge in [-0.3, -0.25) is 4.94 Å². The molecular formula is C26H34FN3O3. The third-order valence-corrected chi connectivity index (χ3v) is 7.06. The number of aromatic nitrogens is 1. The molecule has 1 unspecified atom stereocenters. The highest BCUT2D eigenvalue weighted by atomic mass is 19.3. The molecule has 0 radical (unpaired) electrons. The molecule has 1 saturated heterocycles. The quantitative estimate of drug-likeness (QED) is 0.553. The number of carbonyl (C=O) groups is 1. The topological polar surface area (TPSA) is 74.7 Å². The third-order valence-electron chi connectivity index (χ3n) is 7.06. The minimum Gasteiger partial charge on any atom is -0.389 e. The number of pyridine rings is 1. The normalized spacial score (nSPS) is 18.7. The Hall–Kier alpha value is -2.51. The summed E-state index contributed by atoms with van der Waals surface area (Å²) in [5, 5.41) is 14.6. The van der Waals surface area contributed by atoms with Crippen molar-refractivity contribution in [2.24, 2.45) is 0 Å².